The molecule has 1 atom stereocenters. The fraction of sp³-hybridized carbons (Fsp3) is 0.626. The average molecular weight is 1550 g/mol. The van der Waals surface area contributed by atoms with Crippen LogP contribution in [0.25, 0.3) is 10.8 Å². The molecule has 1 aliphatic carbocycles. The van der Waals surface area contributed by atoms with Gasteiger partial charge in [-0.25, -0.2) is 35.1 Å². The van der Waals surface area contributed by atoms with E-state index in [0.29, 0.717) is 82.4 Å². The van der Waals surface area contributed by atoms with Crippen molar-refractivity contribution >= 4 is 10.8 Å². The molecule has 648 valence electrons. The molecule has 0 bridgehead atoms. The van der Waals surface area contributed by atoms with Crippen LogP contribution in [0.1, 0.15) is 388 Å². The van der Waals surface area contributed by atoms with Gasteiger partial charge in [0.25, 0.3) is 0 Å². The van der Waals surface area contributed by atoms with Crippen LogP contribution in [0.2, 0.25) is 0 Å². The van der Waals surface area contributed by atoms with E-state index in [-0.39, 0.29) is 197 Å². The van der Waals surface area contributed by atoms with Gasteiger partial charge < -0.3 is 0 Å². The lowest BCUT2D eigenvalue weighted by atomic mass is 9.80. The number of benzene rings is 6. The number of hydrogen-bond donors (Lipinski definition) is 0. The van der Waals surface area contributed by atoms with E-state index in [1.807, 2.05) is 52.8 Å². The van der Waals surface area contributed by atoms with E-state index in [1.54, 1.807) is 54.6 Å². The van der Waals surface area contributed by atoms with Crippen LogP contribution in [0.5, 0.6) is 0 Å². The lowest BCUT2D eigenvalue weighted by Gasteiger charge is -2.25. The van der Waals surface area contributed by atoms with E-state index in [1.165, 1.54) is 37.8 Å². The summed E-state index contributed by atoms with van der Waals surface area (Å²) < 4.78 is 110. The Hall–Kier alpha value is -7.30. The summed E-state index contributed by atoms with van der Waals surface area (Å²) in [6, 6.07) is 23.9. The van der Waals surface area contributed by atoms with Crippen molar-refractivity contribution in [3.8, 4) is 0 Å². The van der Waals surface area contributed by atoms with Crippen LogP contribution in [0.4, 0.5) is 35.1 Å². The second kappa shape index (κ2) is 117. The van der Waals surface area contributed by atoms with E-state index < -0.39 is 34.9 Å². The third-order valence-corrected chi connectivity index (χ3v) is 13.3. The molecule has 6 aromatic carbocycles. The SMILES string of the molecule is C.C.C.C.C.C.C.C.C.C.C.C.C.C.C.C.C.C.C.C.C.C.C.C.C.CCCC.CCCC.CCCc1cc2c(c(F)c1F)CC(CCC)CC2.CCCc1cc2ccc(CCC)c(C)c2c(F)c1F.CCCc1ccc(CCC)c(F)c1F.Fc1ccccc1Cc1ccccc1F.N#N.N#N.N#N.N#N. The molecule has 0 spiro atoms. The van der Waals surface area contributed by atoms with Gasteiger partial charge in [-0.15, -0.1) is 0 Å². The fourth-order valence-corrected chi connectivity index (χ4v) is 8.80. The predicted molar refractivity (Wildman–Crippen MR) is 481 cm³/mol. The van der Waals surface area contributed by atoms with Crippen molar-refractivity contribution in [2.45, 2.75) is 390 Å². The number of rotatable bonds is 16. The highest BCUT2D eigenvalue weighted by Crippen LogP contribution is 2.33. The highest BCUT2D eigenvalue weighted by molar-refractivity contribution is 5.88. The molecular weight excluding hydrogens is 1360 g/mol. The Kier molecular flexibility index (Phi) is 207. The Morgan fingerprint density at radius 2 is 0.579 bits per heavy atom. The maximum Gasteiger partial charge on any atom is 0.167 e. The number of hydrogen-bond acceptors (Lipinski definition) is 8. The Morgan fingerprint density at radius 3 is 0.888 bits per heavy atom. The maximum absolute atomic E-state index is 14.3. The maximum atomic E-state index is 14.3. The van der Waals surface area contributed by atoms with E-state index >= 15 is 0 Å². The molecule has 1 aliphatic rings. The summed E-state index contributed by atoms with van der Waals surface area (Å²) in [5, 5.41) is 49.3. The van der Waals surface area contributed by atoms with Gasteiger partial charge in [0.05, 0.1) is 0 Å². The third-order valence-electron chi connectivity index (χ3n) is 13.3. The van der Waals surface area contributed by atoms with Gasteiger partial charge in [-0.2, -0.15) is 0 Å². The fourth-order valence-electron chi connectivity index (χ4n) is 8.80. The average Bonchev–Trinajstić information content (AvgIpc) is 0.786. The monoisotopic (exact) mass is 1550 g/mol. The molecule has 107 heavy (non-hydrogen) atoms. The molecule has 6 aromatic rings. The summed E-state index contributed by atoms with van der Waals surface area (Å²) >= 11 is 0. The van der Waals surface area contributed by atoms with Crippen molar-refractivity contribution < 1.29 is 35.1 Å². The smallest absolute Gasteiger partial charge is 0.167 e. The first-order valence-electron chi connectivity index (χ1n) is 28.7. The van der Waals surface area contributed by atoms with Crippen molar-refractivity contribution in [1.29, 1.82) is 43.1 Å². The van der Waals surface area contributed by atoms with E-state index in [2.05, 4.69) is 41.5 Å². The standard InChI is InChI=1S/C17H20F2.C16H22F2.C13H10F2.C12H16F2.2C4H10.25CH4.4N2/c1-4-6-12-8-9-13-10-14(7-5-2)16(18)17(19)15(13)11(12)3;1-3-5-11-7-8-12-10-13(6-4-2)15(17)16(18)14(12)9-11;14-12-7-3-1-5-10(12)9-11-6-2-4-8-13(11)15;1-3-5-9-7-8-10(6-4-2)12(14)11(9)13;2*1-3-4-2;;;;;;;;;;;;;;;;;;;;;;;;;;4*1-2/h8-10H,4-7H2,1-3H3;10-11H,3-9H2,1-2H3;1-8H,9H2;7-8H,3-6H2,1-2H3;2*3-4H2,1-2H3;25*1H4;;;;. The van der Waals surface area contributed by atoms with E-state index in [0.717, 1.165) is 92.7 Å². The molecule has 0 heterocycles. The Balaban J connectivity index is -0.0000000262. The summed E-state index contributed by atoms with van der Waals surface area (Å²) in [5.41, 5.74) is 6.73. The van der Waals surface area contributed by atoms with E-state index in [4.69, 9.17) is 43.1 Å². The van der Waals surface area contributed by atoms with Gasteiger partial charge in [-0.3, -0.25) is 0 Å². The molecule has 0 N–H and O–H groups in total. The zero-order chi connectivity index (χ0) is 63.2. The van der Waals surface area contributed by atoms with Crippen LogP contribution < -0.4 is 0 Å². The van der Waals surface area contributed by atoms with Gasteiger partial charge in [-0.05, 0) is 143 Å². The largest absolute Gasteiger partial charge is 0.207 e. The highest BCUT2D eigenvalue weighted by Gasteiger charge is 2.25. The van der Waals surface area contributed by atoms with Gasteiger partial charge in [0.15, 0.2) is 34.9 Å². The van der Waals surface area contributed by atoms with Crippen LogP contribution in [0.15, 0.2) is 84.9 Å². The zero-order valence-corrected chi connectivity index (χ0v) is 50.4. The van der Waals surface area contributed by atoms with Crippen LogP contribution in [0.3, 0.4) is 0 Å². The van der Waals surface area contributed by atoms with Crippen LogP contribution >= 0.6 is 0 Å². The quantitative estimate of drug-likeness (QED) is 0.0675. The molecule has 16 heteroatoms. The number of aryl methyl sites for hydroxylation is 7. The lowest BCUT2D eigenvalue weighted by Crippen LogP contribution is -2.17. The lowest BCUT2D eigenvalue weighted by molar-refractivity contribution is 0.400. The Bertz CT molecular complexity index is 2680. The molecule has 0 fully saturated rings. The second-order valence-corrected chi connectivity index (χ2v) is 19.4. The Labute approximate surface area is 669 Å². The number of halogens is 8. The highest BCUT2D eigenvalue weighted by atomic mass is 19.2. The van der Waals surface area contributed by atoms with Crippen LogP contribution in [-0.4, -0.2) is 0 Å². The first kappa shape index (κ1) is 189. The minimum atomic E-state index is -0.684. The summed E-state index contributed by atoms with van der Waals surface area (Å²) in [6.07, 6.45) is 18.2. The molecule has 0 amide bonds. The van der Waals surface area contributed by atoms with Gasteiger partial charge in [-0.1, -0.05) is 392 Å². The number of nitrogens with zero attached hydrogens (tertiary/aromatic N) is 8. The minimum Gasteiger partial charge on any atom is -0.207 e. The minimum absolute atomic E-state index is 0. The molecule has 8 nitrogen and oxygen atoms in total. The van der Waals surface area contributed by atoms with Crippen molar-refractivity contribution in [2.75, 3.05) is 0 Å². The zero-order valence-electron chi connectivity index (χ0n) is 50.4. The normalized spacial score (nSPS) is 8.61. The molecule has 0 aromatic heterocycles. The first-order chi connectivity index (χ1) is 39.6. The summed E-state index contributed by atoms with van der Waals surface area (Å²) in [4.78, 5) is 0. The van der Waals surface area contributed by atoms with Crippen molar-refractivity contribution in [3.63, 3.8) is 0 Å². The van der Waals surface area contributed by atoms with Crippen molar-refractivity contribution in [2.24, 2.45) is 5.92 Å². The van der Waals surface area contributed by atoms with Crippen LogP contribution in [0, 0.1) is 103 Å². The number of unbranched alkanes of at least 4 members (excludes halogenated alkanes) is 2. The molecule has 7 rings (SSSR count). The molecule has 1 unspecified atom stereocenters. The molecular formula is C91H188F8N8. The Morgan fingerprint density at radius 1 is 0.299 bits per heavy atom. The van der Waals surface area contributed by atoms with Gasteiger partial charge >= 0.3 is 0 Å². The first-order valence-corrected chi connectivity index (χ1v) is 28.7. The van der Waals surface area contributed by atoms with E-state index in [9.17, 15) is 35.1 Å². The summed E-state index contributed by atoms with van der Waals surface area (Å²) in [5.74, 6) is -3.89. The summed E-state index contributed by atoms with van der Waals surface area (Å²) in [7, 11) is 0. The van der Waals surface area contributed by atoms with Gasteiger partial charge in [0.2, 0.25) is 0 Å². The number of fused-ring (bicyclic) bond motifs is 2. The second-order valence-electron chi connectivity index (χ2n) is 19.4. The van der Waals surface area contributed by atoms with Crippen molar-refractivity contribution in [1.82, 2.24) is 0 Å². The molecule has 0 saturated carbocycles. The topological polar surface area (TPSA) is 190 Å². The predicted octanol–water partition coefficient (Wildman–Crippen LogP) is 37.2. The summed E-state index contributed by atoms with van der Waals surface area (Å²) in [6.45, 7) is 22.7. The van der Waals surface area contributed by atoms with Gasteiger partial charge in [0, 0.05) is 54.9 Å². The van der Waals surface area contributed by atoms with Crippen LogP contribution in [-0.2, 0) is 51.4 Å². The molecule has 0 saturated heterocycles. The molecule has 0 radical (unpaired) electrons. The third kappa shape index (κ3) is 66.6. The van der Waals surface area contributed by atoms with Gasteiger partial charge in [0.1, 0.15) is 11.6 Å². The molecule has 0 aliphatic heterocycles. The van der Waals surface area contributed by atoms with Crippen molar-refractivity contribution in [3.05, 3.63) is 187 Å².